The molecule has 0 fully saturated rings. The van der Waals surface area contributed by atoms with E-state index in [-0.39, 0.29) is 30.6 Å². The summed E-state index contributed by atoms with van der Waals surface area (Å²) >= 11 is 0. The number of hydrogen-bond acceptors (Lipinski definition) is 8. The van der Waals surface area contributed by atoms with Gasteiger partial charge in [-0.2, -0.15) is 0 Å². The summed E-state index contributed by atoms with van der Waals surface area (Å²) in [5.74, 6) is -4.11. The van der Waals surface area contributed by atoms with Crippen LogP contribution in [0.1, 0.15) is 59.5 Å². The highest BCUT2D eigenvalue weighted by atomic mass is 16.5. The Hall–Kier alpha value is -4.58. The first kappa shape index (κ1) is 31.4. The van der Waals surface area contributed by atoms with Gasteiger partial charge in [-0.25, -0.2) is 4.79 Å². The van der Waals surface area contributed by atoms with E-state index in [4.69, 9.17) is 9.47 Å². The summed E-state index contributed by atoms with van der Waals surface area (Å²) in [6.45, 7) is 6.03. The van der Waals surface area contributed by atoms with Gasteiger partial charge in [-0.05, 0) is 51.0 Å². The highest BCUT2D eigenvalue weighted by molar-refractivity contribution is 6.23. The molecule has 0 radical (unpaired) electrons. The van der Waals surface area contributed by atoms with Gasteiger partial charge in [0, 0.05) is 12.8 Å². The summed E-state index contributed by atoms with van der Waals surface area (Å²) in [6, 6.07) is 10.9. The lowest BCUT2D eigenvalue weighted by Crippen LogP contribution is -2.64. The smallest absolute Gasteiger partial charge is 0.328 e. The molecule has 228 valence electrons. The summed E-state index contributed by atoms with van der Waals surface area (Å²) < 4.78 is 10.7. The molecule has 3 unspecified atom stereocenters. The van der Waals surface area contributed by atoms with Crippen molar-refractivity contribution < 1.29 is 38.2 Å². The minimum Gasteiger partial charge on any atom is -0.467 e. The molecule has 2 aromatic rings. The number of nitrogens with one attached hydrogen (secondary N) is 3. The van der Waals surface area contributed by atoms with E-state index in [0.29, 0.717) is 11.1 Å². The van der Waals surface area contributed by atoms with E-state index in [1.54, 1.807) is 57.2 Å². The average molecular weight is 593 g/mol. The molecule has 5 amide bonds. The Bertz CT molecular complexity index is 1430. The summed E-state index contributed by atoms with van der Waals surface area (Å²) in [7, 11) is 1.20. The van der Waals surface area contributed by atoms with Gasteiger partial charge in [0.2, 0.25) is 17.7 Å². The molecule has 0 saturated heterocycles. The molecule has 43 heavy (non-hydrogen) atoms. The molecule has 3 atom stereocenters. The summed E-state index contributed by atoms with van der Waals surface area (Å²) in [5.41, 5.74) is -0.928. The molecule has 0 aliphatic carbocycles. The van der Waals surface area contributed by atoms with E-state index in [9.17, 15) is 28.8 Å². The molecule has 2 heterocycles. The monoisotopic (exact) mass is 592 g/mol. The number of carbonyl (C=O) groups excluding carboxylic acids is 6. The molecule has 2 aliphatic rings. The zero-order valence-corrected chi connectivity index (χ0v) is 24.8. The van der Waals surface area contributed by atoms with Gasteiger partial charge >= 0.3 is 5.97 Å². The Balaban J connectivity index is 1.80. The molecule has 12 heteroatoms. The maximum Gasteiger partial charge on any atom is 0.328 e. The fraction of sp³-hybridized carbons (Fsp3) is 0.419. The van der Waals surface area contributed by atoms with E-state index in [1.807, 2.05) is 0 Å². The highest BCUT2D eigenvalue weighted by Crippen LogP contribution is 2.32. The second-order valence-corrected chi connectivity index (χ2v) is 11.8. The number of amides is 5. The van der Waals surface area contributed by atoms with E-state index in [2.05, 4.69) is 16.0 Å². The van der Waals surface area contributed by atoms with Gasteiger partial charge in [-0.15, -0.1) is 0 Å². The number of ether oxygens (including phenoxy) is 2. The minimum atomic E-state index is -1.79. The summed E-state index contributed by atoms with van der Waals surface area (Å²) in [5, 5.41) is 7.74. The van der Waals surface area contributed by atoms with Gasteiger partial charge in [0.15, 0.2) is 0 Å². The van der Waals surface area contributed by atoms with Crippen LogP contribution in [0.4, 0.5) is 0 Å². The van der Waals surface area contributed by atoms with Crippen molar-refractivity contribution in [1.82, 2.24) is 20.9 Å². The number of esters is 1. The summed E-state index contributed by atoms with van der Waals surface area (Å²) in [6.07, 6.45) is -0.0555. The van der Waals surface area contributed by atoms with Crippen molar-refractivity contribution in [2.75, 3.05) is 20.3 Å². The second-order valence-electron chi connectivity index (χ2n) is 11.8. The first-order valence-corrected chi connectivity index (χ1v) is 13.9. The van der Waals surface area contributed by atoms with Crippen LogP contribution in [0, 0.1) is 0 Å². The second kappa shape index (κ2) is 12.3. The van der Waals surface area contributed by atoms with Crippen molar-refractivity contribution in [2.24, 2.45) is 0 Å². The van der Waals surface area contributed by atoms with Crippen LogP contribution in [0.15, 0.2) is 48.5 Å². The maximum atomic E-state index is 14.2. The van der Waals surface area contributed by atoms with Crippen LogP contribution >= 0.6 is 0 Å². The molecule has 2 aliphatic heterocycles. The number of carbonyl (C=O) groups is 6. The maximum absolute atomic E-state index is 14.2. The third-order valence-electron chi connectivity index (χ3n) is 7.31. The minimum absolute atomic E-state index is 0.0537. The Morgan fingerprint density at radius 1 is 0.953 bits per heavy atom. The van der Waals surface area contributed by atoms with Crippen LogP contribution in [0.3, 0.4) is 0 Å². The van der Waals surface area contributed by atoms with Crippen LogP contribution in [-0.4, -0.2) is 83.9 Å². The lowest BCUT2D eigenvalue weighted by Gasteiger charge is -2.37. The molecule has 12 nitrogen and oxygen atoms in total. The quantitative estimate of drug-likeness (QED) is 0.349. The number of hydrogen-bond donors (Lipinski definition) is 3. The van der Waals surface area contributed by atoms with Gasteiger partial charge in [0.05, 0.1) is 37.0 Å². The number of fused-ring (bicyclic) bond motifs is 3. The van der Waals surface area contributed by atoms with E-state index in [1.165, 1.54) is 26.2 Å². The zero-order chi connectivity index (χ0) is 31.5. The van der Waals surface area contributed by atoms with Gasteiger partial charge in [-0.3, -0.25) is 28.9 Å². The van der Waals surface area contributed by atoms with Gasteiger partial charge in [0.25, 0.3) is 11.8 Å². The molecule has 0 saturated carbocycles. The topological polar surface area (TPSA) is 160 Å². The van der Waals surface area contributed by atoms with Crippen LogP contribution in [0.5, 0.6) is 0 Å². The third kappa shape index (κ3) is 6.91. The standard InChI is InChI=1S/C31H36N4O8/c1-30(2,3)43-17-23-25(37)32-16-24(36)33-22(28(40)42-5)14-18-9-8-10-19(13-18)15-31(4,29(41)34-23)35-26(38)20-11-6-7-12-21(20)27(35)39/h6-13,22-23H,14-17H2,1-5H3,(H,32,37)(H,33,36)(H,34,41). The summed E-state index contributed by atoms with van der Waals surface area (Å²) in [4.78, 5) is 80.9. The number of rotatable bonds is 4. The van der Waals surface area contributed by atoms with Crippen molar-refractivity contribution in [1.29, 1.82) is 0 Å². The Labute approximate surface area is 249 Å². The third-order valence-corrected chi connectivity index (χ3v) is 7.31. The number of benzene rings is 2. The van der Waals surface area contributed by atoms with Crippen molar-refractivity contribution in [3.63, 3.8) is 0 Å². The Morgan fingerprint density at radius 2 is 1.58 bits per heavy atom. The largest absolute Gasteiger partial charge is 0.467 e. The molecule has 2 bridgehead atoms. The molecule has 2 aromatic carbocycles. The van der Waals surface area contributed by atoms with Crippen LogP contribution in [0.2, 0.25) is 0 Å². The van der Waals surface area contributed by atoms with Crippen LogP contribution in [0.25, 0.3) is 0 Å². The Morgan fingerprint density at radius 3 is 2.19 bits per heavy atom. The SMILES string of the molecule is COC(=O)C1Cc2cccc(c2)CC(C)(N2C(=O)c3ccccc3C2=O)C(=O)NC(COC(C)(C)C)C(=O)NCC(=O)N1. The molecule has 0 spiro atoms. The van der Waals surface area contributed by atoms with Crippen molar-refractivity contribution in [2.45, 2.75) is 63.8 Å². The van der Waals surface area contributed by atoms with E-state index >= 15 is 0 Å². The van der Waals surface area contributed by atoms with Crippen molar-refractivity contribution in [3.8, 4) is 0 Å². The normalized spacial score (nSPS) is 23.4. The lowest BCUT2D eigenvalue weighted by molar-refractivity contribution is -0.145. The van der Waals surface area contributed by atoms with E-state index in [0.717, 1.165) is 4.90 Å². The van der Waals surface area contributed by atoms with E-state index < -0.39 is 65.3 Å². The van der Waals surface area contributed by atoms with Crippen molar-refractivity contribution >= 4 is 35.5 Å². The van der Waals surface area contributed by atoms with Gasteiger partial charge in [0.1, 0.15) is 17.6 Å². The van der Waals surface area contributed by atoms with Crippen molar-refractivity contribution in [3.05, 3.63) is 70.8 Å². The van der Waals surface area contributed by atoms with Gasteiger partial charge < -0.3 is 25.4 Å². The predicted molar refractivity (Wildman–Crippen MR) is 154 cm³/mol. The molecule has 3 N–H and O–H groups in total. The average Bonchev–Trinajstić information content (AvgIpc) is 3.22. The Kier molecular flexibility index (Phi) is 9.00. The zero-order valence-electron chi connectivity index (χ0n) is 24.8. The molecular formula is C31H36N4O8. The fourth-order valence-corrected chi connectivity index (χ4v) is 5.10. The number of imide groups is 1. The van der Waals surface area contributed by atoms with Crippen LogP contribution in [-0.2, 0) is 41.5 Å². The number of nitrogens with zero attached hydrogens (tertiary/aromatic N) is 1. The number of methoxy groups -OCH3 is 1. The fourth-order valence-electron chi connectivity index (χ4n) is 5.10. The lowest BCUT2D eigenvalue weighted by atomic mass is 9.88. The predicted octanol–water partition coefficient (Wildman–Crippen LogP) is 0.914. The molecule has 0 aromatic heterocycles. The first-order chi connectivity index (χ1) is 20.2. The van der Waals surface area contributed by atoms with Gasteiger partial charge in [-0.1, -0.05) is 36.4 Å². The van der Waals surface area contributed by atoms with Crippen LogP contribution < -0.4 is 16.0 Å². The highest BCUT2D eigenvalue weighted by Gasteiger charge is 2.51. The first-order valence-electron chi connectivity index (χ1n) is 13.9. The molecule has 4 rings (SSSR count). The molecular weight excluding hydrogens is 556 g/mol.